The summed E-state index contributed by atoms with van der Waals surface area (Å²) in [6.07, 6.45) is 13.1. The van der Waals surface area contributed by atoms with Crippen molar-refractivity contribution in [2.75, 3.05) is 6.61 Å². The van der Waals surface area contributed by atoms with Crippen LogP contribution in [-0.4, -0.2) is 16.7 Å². The molecule has 2 nitrogen and oxygen atoms in total. The maximum absolute atomic E-state index is 13.5. The van der Waals surface area contributed by atoms with Crippen LogP contribution in [0.2, 0.25) is 0 Å². The topological polar surface area (TPSA) is 33.1 Å². The molecule has 1 aromatic carbocycles. The van der Waals surface area contributed by atoms with Gasteiger partial charge in [0.1, 0.15) is 5.82 Å². The molecule has 2 aromatic rings. The van der Waals surface area contributed by atoms with Crippen LogP contribution >= 0.6 is 0 Å². The molecule has 0 saturated carbocycles. The molecule has 0 aliphatic heterocycles. The number of rotatable bonds is 5. The number of halogens is 1. The van der Waals surface area contributed by atoms with Gasteiger partial charge in [0, 0.05) is 18.4 Å². The molecule has 1 aromatic heterocycles. The van der Waals surface area contributed by atoms with Crippen molar-refractivity contribution in [3.05, 3.63) is 96.1 Å². The lowest BCUT2D eigenvalue weighted by molar-refractivity contribution is 0.318. The number of aromatic nitrogens is 1. The number of allylic oxidation sites excluding steroid dienone is 5. The molecule has 0 amide bonds. The van der Waals surface area contributed by atoms with Crippen LogP contribution in [0.5, 0.6) is 0 Å². The van der Waals surface area contributed by atoms with Gasteiger partial charge in [0.2, 0.25) is 0 Å². The summed E-state index contributed by atoms with van der Waals surface area (Å²) in [6, 6.07) is 10.5. The predicted octanol–water partition coefficient (Wildman–Crippen LogP) is 5.54. The van der Waals surface area contributed by atoms with Crippen LogP contribution in [0, 0.1) is 5.82 Å². The Morgan fingerprint density at radius 1 is 1.16 bits per heavy atom. The molecule has 25 heavy (non-hydrogen) atoms. The number of nitrogens with zero attached hydrogens (tertiary/aromatic N) is 1. The zero-order valence-corrected chi connectivity index (χ0v) is 14.7. The van der Waals surface area contributed by atoms with E-state index < -0.39 is 0 Å². The van der Waals surface area contributed by atoms with Crippen molar-refractivity contribution in [1.29, 1.82) is 0 Å². The molecule has 3 heteroatoms. The normalized spacial score (nSPS) is 11.0. The summed E-state index contributed by atoms with van der Waals surface area (Å²) >= 11 is 0. The van der Waals surface area contributed by atoms with E-state index in [1.165, 1.54) is 6.07 Å². The fourth-order valence-corrected chi connectivity index (χ4v) is 1.86. The molecule has 0 aliphatic carbocycles. The quantitative estimate of drug-likeness (QED) is 0.727. The third kappa shape index (κ3) is 7.55. The van der Waals surface area contributed by atoms with Crippen LogP contribution in [-0.2, 0) is 0 Å². The molecule has 0 fully saturated rings. The van der Waals surface area contributed by atoms with E-state index in [-0.39, 0.29) is 12.4 Å². The van der Waals surface area contributed by atoms with E-state index in [1.54, 1.807) is 31.3 Å². The van der Waals surface area contributed by atoms with Gasteiger partial charge in [-0.1, -0.05) is 67.3 Å². The van der Waals surface area contributed by atoms with Gasteiger partial charge in [-0.3, -0.25) is 4.98 Å². The minimum absolute atomic E-state index is 0.231. The van der Waals surface area contributed by atoms with Crippen molar-refractivity contribution in [1.82, 2.24) is 4.98 Å². The molecule has 0 atom stereocenters. The average molecular weight is 337 g/mol. The van der Waals surface area contributed by atoms with E-state index in [4.69, 9.17) is 5.11 Å². The number of hydrogen-bond acceptors (Lipinski definition) is 2. The van der Waals surface area contributed by atoms with Gasteiger partial charge in [-0.15, -0.1) is 0 Å². The van der Waals surface area contributed by atoms with Crippen LogP contribution in [0.3, 0.4) is 0 Å². The van der Waals surface area contributed by atoms with Gasteiger partial charge >= 0.3 is 0 Å². The fourth-order valence-electron chi connectivity index (χ4n) is 1.86. The highest BCUT2D eigenvalue weighted by Crippen LogP contribution is 2.14. The molecule has 0 radical (unpaired) electrons. The molecular weight excluding hydrogens is 313 g/mol. The molecule has 1 heterocycles. The van der Waals surface area contributed by atoms with E-state index >= 15 is 0 Å². The zero-order chi connectivity index (χ0) is 18.5. The van der Waals surface area contributed by atoms with Gasteiger partial charge in [0.25, 0.3) is 0 Å². The fraction of sp³-hybridized carbons (Fsp3) is 0.136. The van der Waals surface area contributed by atoms with Gasteiger partial charge in [-0.25, -0.2) is 4.39 Å². The predicted molar refractivity (Wildman–Crippen MR) is 105 cm³/mol. The number of benzene rings is 1. The summed E-state index contributed by atoms with van der Waals surface area (Å²) in [5.41, 5.74) is 3.15. The van der Waals surface area contributed by atoms with Gasteiger partial charge in [0.05, 0.1) is 5.69 Å². The van der Waals surface area contributed by atoms with Crippen molar-refractivity contribution in [2.24, 2.45) is 0 Å². The minimum Gasteiger partial charge on any atom is -0.397 e. The number of aliphatic hydroxyl groups is 1. The Morgan fingerprint density at radius 3 is 2.48 bits per heavy atom. The Hall–Kier alpha value is -2.78. The maximum Gasteiger partial charge on any atom is 0.130 e. The highest BCUT2D eigenvalue weighted by Gasteiger charge is 1.98. The highest BCUT2D eigenvalue weighted by atomic mass is 19.1. The van der Waals surface area contributed by atoms with Gasteiger partial charge in [-0.05, 0) is 37.1 Å². The van der Waals surface area contributed by atoms with E-state index in [2.05, 4.69) is 11.6 Å². The molecule has 0 unspecified atom stereocenters. The second-order valence-electron chi connectivity index (χ2n) is 5.06. The summed E-state index contributed by atoms with van der Waals surface area (Å²) in [5.74, 6) is -0.231. The Morgan fingerprint density at radius 2 is 1.88 bits per heavy atom. The van der Waals surface area contributed by atoms with Crippen molar-refractivity contribution in [2.45, 2.75) is 13.8 Å². The third-order valence-corrected chi connectivity index (χ3v) is 3.08. The van der Waals surface area contributed by atoms with Crippen molar-refractivity contribution >= 4 is 17.7 Å². The first-order valence-electron chi connectivity index (χ1n) is 8.10. The second-order valence-corrected chi connectivity index (χ2v) is 5.06. The minimum atomic E-state index is -0.231. The molecule has 0 bridgehead atoms. The van der Waals surface area contributed by atoms with Crippen molar-refractivity contribution < 1.29 is 9.50 Å². The first-order valence-corrected chi connectivity index (χ1v) is 8.10. The molecule has 1 N–H and O–H groups in total. The van der Waals surface area contributed by atoms with Gasteiger partial charge in [-0.2, -0.15) is 0 Å². The largest absolute Gasteiger partial charge is 0.397 e. The van der Waals surface area contributed by atoms with Crippen LogP contribution in [0.4, 0.5) is 4.39 Å². The van der Waals surface area contributed by atoms with Gasteiger partial charge < -0.3 is 5.11 Å². The van der Waals surface area contributed by atoms with E-state index in [1.807, 2.05) is 55.5 Å². The standard InChI is InChI=1S/C20H18FN.C2H6O/c1-3-4-5-8-16(2)20-14-12-17(15-22-20)11-13-18-9-6-7-10-19(18)21;1-2-3/h3-15H,2H2,1H3;3H,2H2,1H3/b4-3-,8-5-,13-11+;. The Bertz CT molecular complexity index is 743. The molecule has 2 rings (SSSR count). The highest BCUT2D eigenvalue weighted by molar-refractivity contribution is 5.72. The van der Waals surface area contributed by atoms with Crippen LogP contribution < -0.4 is 0 Å². The number of hydrogen-bond donors (Lipinski definition) is 1. The first kappa shape index (κ1) is 20.3. The summed E-state index contributed by atoms with van der Waals surface area (Å²) in [5, 5.41) is 7.57. The Labute approximate surface area is 149 Å². The lowest BCUT2D eigenvalue weighted by atomic mass is 10.1. The second kappa shape index (κ2) is 11.7. The third-order valence-electron chi connectivity index (χ3n) is 3.08. The smallest absolute Gasteiger partial charge is 0.130 e. The number of aliphatic hydroxyl groups excluding tert-OH is 1. The van der Waals surface area contributed by atoms with Crippen LogP contribution in [0.1, 0.15) is 30.7 Å². The van der Waals surface area contributed by atoms with Crippen LogP contribution in [0.15, 0.2) is 73.5 Å². The summed E-state index contributed by atoms with van der Waals surface area (Å²) in [4.78, 5) is 4.37. The van der Waals surface area contributed by atoms with Crippen molar-refractivity contribution in [3.63, 3.8) is 0 Å². The van der Waals surface area contributed by atoms with E-state index in [0.717, 1.165) is 16.8 Å². The summed E-state index contributed by atoms with van der Waals surface area (Å²) in [6.45, 7) is 7.87. The van der Waals surface area contributed by atoms with Crippen molar-refractivity contribution in [3.8, 4) is 0 Å². The average Bonchev–Trinajstić information content (AvgIpc) is 2.62. The number of pyridine rings is 1. The zero-order valence-electron chi connectivity index (χ0n) is 14.7. The van der Waals surface area contributed by atoms with Crippen LogP contribution in [0.25, 0.3) is 17.7 Å². The lowest BCUT2D eigenvalue weighted by Crippen LogP contribution is -1.86. The molecular formula is C22H24FNO. The Balaban J connectivity index is 0.000000970. The molecule has 0 spiro atoms. The Kier molecular flexibility index (Phi) is 9.49. The maximum atomic E-state index is 13.5. The van der Waals surface area contributed by atoms with Gasteiger partial charge in [0.15, 0.2) is 0 Å². The SMILES string of the molecule is C=C(/C=C\C=C/C)c1ccc(/C=C/c2ccccc2F)cn1.CCO. The van der Waals surface area contributed by atoms with E-state index in [0.29, 0.717) is 5.56 Å². The monoisotopic (exact) mass is 337 g/mol. The molecule has 0 saturated heterocycles. The molecule has 130 valence electrons. The lowest BCUT2D eigenvalue weighted by Gasteiger charge is -2.00. The summed E-state index contributed by atoms with van der Waals surface area (Å²) in [7, 11) is 0. The summed E-state index contributed by atoms with van der Waals surface area (Å²) < 4.78 is 13.5. The molecule has 0 aliphatic rings. The van der Waals surface area contributed by atoms with E-state index in [9.17, 15) is 4.39 Å². The first-order chi connectivity index (χ1) is 12.1.